The number of nitrogens with one attached hydrogen (secondary N) is 1. The van der Waals surface area contributed by atoms with E-state index in [9.17, 15) is 4.79 Å². The Morgan fingerprint density at radius 2 is 2.47 bits per heavy atom. The Morgan fingerprint density at radius 3 is 3.13 bits per heavy atom. The molecule has 0 bridgehead atoms. The third-order valence-corrected chi connectivity index (χ3v) is 2.31. The fraction of sp³-hybridized carbons (Fsp3) is 0.444. The molecule has 1 aromatic heterocycles. The van der Waals surface area contributed by atoms with Gasteiger partial charge in [0.05, 0.1) is 19.3 Å². The molecule has 1 fully saturated rings. The van der Waals surface area contributed by atoms with Crippen molar-refractivity contribution in [2.75, 3.05) is 18.5 Å². The summed E-state index contributed by atoms with van der Waals surface area (Å²) >= 11 is 0. The van der Waals surface area contributed by atoms with Crippen LogP contribution in [0.15, 0.2) is 18.6 Å². The van der Waals surface area contributed by atoms with Crippen LogP contribution in [0.5, 0.6) is 0 Å². The summed E-state index contributed by atoms with van der Waals surface area (Å²) in [5, 5.41) is 11.9. The zero-order valence-corrected chi connectivity index (χ0v) is 7.96. The second-order valence-corrected chi connectivity index (χ2v) is 3.33. The highest BCUT2D eigenvalue weighted by molar-refractivity contribution is 5.72. The van der Waals surface area contributed by atoms with E-state index in [2.05, 4.69) is 15.3 Å². The molecule has 1 saturated heterocycles. The number of rotatable bonds is 3. The summed E-state index contributed by atoms with van der Waals surface area (Å²) in [6.45, 7) is 0.638. The van der Waals surface area contributed by atoms with Gasteiger partial charge in [-0.3, -0.25) is 4.79 Å². The van der Waals surface area contributed by atoms with Gasteiger partial charge in [0.1, 0.15) is 18.1 Å². The van der Waals surface area contributed by atoms with Crippen molar-refractivity contribution >= 4 is 11.8 Å². The number of anilines is 1. The molecule has 0 aliphatic carbocycles. The SMILES string of the molecule is O=C(O)C1COCC1Nc1ccncn1. The number of carboxylic acids is 1. The van der Waals surface area contributed by atoms with Crippen molar-refractivity contribution in [3.63, 3.8) is 0 Å². The molecular weight excluding hydrogens is 198 g/mol. The van der Waals surface area contributed by atoms with Crippen LogP contribution in [0.1, 0.15) is 0 Å². The Hall–Kier alpha value is -1.69. The fourth-order valence-electron chi connectivity index (χ4n) is 1.51. The first kappa shape index (κ1) is 9.85. The molecule has 1 aromatic rings. The number of carbonyl (C=O) groups is 1. The number of hydrogen-bond donors (Lipinski definition) is 2. The first-order chi connectivity index (χ1) is 7.27. The minimum atomic E-state index is -0.848. The average Bonchev–Trinajstić information content (AvgIpc) is 2.67. The van der Waals surface area contributed by atoms with Crippen molar-refractivity contribution in [2.24, 2.45) is 5.92 Å². The summed E-state index contributed by atoms with van der Waals surface area (Å²) < 4.78 is 5.12. The first-order valence-electron chi connectivity index (χ1n) is 4.60. The molecule has 2 N–H and O–H groups in total. The normalized spacial score (nSPS) is 25.1. The molecule has 2 rings (SSSR count). The molecular formula is C9H11N3O3. The summed E-state index contributed by atoms with van der Waals surface area (Å²) in [6.07, 6.45) is 3.01. The van der Waals surface area contributed by atoms with Crippen molar-refractivity contribution in [3.8, 4) is 0 Å². The average molecular weight is 209 g/mol. The maximum Gasteiger partial charge on any atom is 0.311 e. The minimum absolute atomic E-state index is 0.225. The molecule has 0 radical (unpaired) electrons. The fourth-order valence-corrected chi connectivity index (χ4v) is 1.51. The molecule has 2 atom stereocenters. The van der Waals surface area contributed by atoms with Crippen molar-refractivity contribution in [1.29, 1.82) is 0 Å². The Kier molecular flexibility index (Phi) is 2.77. The van der Waals surface area contributed by atoms with Gasteiger partial charge in [0.25, 0.3) is 0 Å². The van der Waals surface area contributed by atoms with E-state index in [4.69, 9.17) is 9.84 Å². The third kappa shape index (κ3) is 2.21. The topological polar surface area (TPSA) is 84.3 Å². The van der Waals surface area contributed by atoms with Gasteiger partial charge < -0.3 is 15.2 Å². The molecule has 1 aliphatic rings. The molecule has 2 heterocycles. The van der Waals surface area contributed by atoms with Crippen LogP contribution < -0.4 is 5.32 Å². The highest BCUT2D eigenvalue weighted by Gasteiger charge is 2.34. The van der Waals surface area contributed by atoms with Gasteiger partial charge in [0, 0.05) is 6.20 Å². The molecule has 6 heteroatoms. The maximum atomic E-state index is 10.8. The minimum Gasteiger partial charge on any atom is -0.481 e. The summed E-state index contributed by atoms with van der Waals surface area (Å²) in [5.74, 6) is -0.745. The van der Waals surface area contributed by atoms with E-state index in [0.717, 1.165) is 0 Å². The van der Waals surface area contributed by atoms with Crippen molar-refractivity contribution in [3.05, 3.63) is 18.6 Å². The van der Waals surface area contributed by atoms with Gasteiger partial charge in [0.2, 0.25) is 0 Å². The monoisotopic (exact) mass is 209 g/mol. The highest BCUT2D eigenvalue weighted by atomic mass is 16.5. The Bertz CT molecular complexity index is 344. The Labute approximate surface area is 86.3 Å². The van der Waals surface area contributed by atoms with Gasteiger partial charge in [0.15, 0.2) is 0 Å². The molecule has 0 saturated carbocycles. The lowest BCUT2D eigenvalue weighted by atomic mass is 10.0. The summed E-state index contributed by atoms with van der Waals surface area (Å²) in [7, 11) is 0. The highest BCUT2D eigenvalue weighted by Crippen LogP contribution is 2.17. The van der Waals surface area contributed by atoms with Gasteiger partial charge in [-0.15, -0.1) is 0 Å². The zero-order valence-electron chi connectivity index (χ0n) is 7.96. The van der Waals surface area contributed by atoms with Crippen LogP contribution in [0, 0.1) is 5.92 Å². The third-order valence-electron chi connectivity index (χ3n) is 2.31. The Balaban J connectivity index is 2.03. The summed E-state index contributed by atoms with van der Waals surface area (Å²) in [4.78, 5) is 18.6. The summed E-state index contributed by atoms with van der Waals surface area (Å²) in [6, 6.07) is 1.47. The summed E-state index contributed by atoms with van der Waals surface area (Å²) in [5.41, 5.74) is 0. The molecule has 15 heavy (non-hydrogen) atoms. The number of hydrogen-bond acceptors (Lipinski definition) is 5. The molecule has 0 aromatic carbocycles. The van der Waals surface area contributed by atoms with Gasteiger partial charge in [-0.2, -0.15) is 0 Å². The lowest BCUT2D eigenvalue weighted by molar-refractivity contribution is -0.141. The predicted molar refractivity (Wildman–Crippen MR) is 51.4 cm³/mol. The van der Waals surface area contributed by atoms with Crippen LogP contribution in [0.2, 0.25) is 0 Å². The number of aromatic nitrogens is 2. The first-order valence-corrected chi connectivity index (χ1v) is 4.60. The van der Waals surface area contributed by atoms with E-state index in [-0.39, 0.29) is 12.6 Å². The molecule has 80 valence electrons. The predicted octanol–water partition coefficient (Wildman–Crippen LogP) is -0.0119. The second kappa shape index (κ2) is 4.22. The van der Waals surface area contributed by atoms with Crippen LogP contribution in [-0.2, 0) is 9.53 Å². The van der Waals surface area contributed by atoms with Crippen molar-refractivity contribution in [2.45, 2.75) is 6.04 Å². The van der Waals surface area contributed by atoms with Crippen LogP contribution in [0.3, 0.4) is 0 Å². The van der Waals surface area contributed by atoms with E-state index >= 15 is 0 Å². The van der Waals surface area contributed by atoms with Crippen molar-refractivity contribution in [1.82, 2.24) is 9.97 Å². The van der Waals surface area contributed by atoms with Gasteiger partial charge in [-0.25, -0.2) is 9.97 Å². The number of carboxylic acid groups (broad SMARTS) is 1. The second-order valence-electron chi connectivity index (χ2n) is 3.33. The number of nitrogens with zero attached hydrogens (tertiary/aromatic N) is 2. The van der Waals surface area contributed by atoms with Crippen molar-refractivity contribution < 1.29 is 14.6 Å². The quantitative estimate of drug-likeness (QED) is 0.728. The number of ether oxygens (including phenoxy) is 1. The van der Waals surface area contributed by atoms with E-state index < -0.39 is 11.9 Å². The van der Waals surface area contributed by atoms with Crippen LogP contribution in [0.25, 0.3) is 0 Å². The van der Waals surface area contributed by atoms with Crippen LogP contribution >= 0.6 is 0 Å². The van der Waals surface area contributed by atoms with Gasteiger partial charge in [-0.1, -0.05) is 0 Å². The van der Waals surface area contributed by atoms with Gasteiger partial charge >= 0.3 is 5.97 Å². The van der Waals surface area contributed by atoms with E-state index in [1.54, 1.807) is 12.3 Å². The molecule has 0 amide bonds. The smallest absolute Gasteiger partial charge is 0.311 e. The van der Waals surface area contributed by atoms with E-state index in [1.807, 2.05) is 0 Å². The Morgan fingerprint density at radius 1 is 1.60 bits per heavy atom. The maximum absolute atomic E-state index is 10.8. The van der Waals surface area contributed by atoms with Crippen LogP contribution in [0.4, 0.5) is 5.82 Å². The lowest BCUT2D eigenvalue weighted by Crippen LogP contribution is -2.33. The number of aliphatic carboxylic acids is 1. The van der Waals surface area contributed by atoms with E-state index in [0.29, 0.717) is 12.4 Å². The van der Waals surface area contributed by atoms with Gasteiger partial charge in [-0.05, 0) is 6.07 Å². The van der Waals surface area contributed by atoms with E-state index in [1.165, 1.54) is 6.33 Å². The van der Waals surface area contributed by atoms with Crippen LogP contribution in [-0.4, -0.2) is 40.3 Å². The molecule has 1 aliphatic heterocycles. The molecule has 0 spiro atoms. The largest absolute Gasteiger partial charge is 0.481 e. The zero-order chi connectivity index (χ0) is 10.7. The molecule has 2 unspecified atom stereocenters. The lowest BCUT2D eigenvalue weighted by Gasteiger charge is -2.15. The molecule has 6 nitrogen and oxygen atoms in total. The standard InChI is InChI=1S/C9H11N3O3/c13-9(14)6-3-15-4-7(6)12-8-1-2-10-5-11-8/h1-2,5-7H,3-4H2,(H,13,14)(H,10,11,12).